The molecule has 0 aliphatic carbocycles. The normalized spacial score (nSPS) is 22.6. The van der Waals surface area contributed by atoms with Crippen molar-refractivity contribution in [2.24, 2.45) is 11.3 Å². The maximum Gasteiger partial charge on any atom is 0.262 e. The van der Waals surface area contributed by atoms with Gasteiger partial charge in [-0.05, 0) is 99.8 Å². The fraction of sp³-hybridized carbons (Fsp3) is 0.435. The van der Waals surface area contributed by atoms with E-state index < -0.39 is 29.7 Å². The van der Waals surface area contributed by atoms with Gasteiger partial charge in [0, 0.05) is 79.3 Å². The molecule has 2 unspecified atom stereocenters. The van der Waals surface area contributed by atoms with E-state index in [9.17, 15) is 29.2 Å². The van der Waals surface area contributed by atoms with Crippen LogP contribution in [0.2, 0.25) is 5.02 Å². The molecule has 5 amide bonds. The van der Waals surface area contributed by atoms with E-state index in [4.69, 9.17) is 16.3 Å². The van der Waals surface area contributed by atoms with Crippen molar-refractivity contribution in [1.29, 1.82) is 5.26 Å². The lowest BCUT2D eigenvalue weighted by Crippen LogP contribution is -2.54. The zero-order chi connectivity index (χ0) is 41.4. The third-order valence-corrected chi connectivity index (χ3v) is 12.9. The number of anilines is 1. The van der Waals surface area contributed by atoms with Crippen molar-refractivity contribution in [3.05, 3.63) is 93.5 Å². The van der Waals surface area contributed by atoms with Gasteiger partial charge in [-0.1, -0.05) is 37.3 Å². The number of hydrogen-bond acceptors (Lipinski definition) is 9. The predicted octanol–water partition coefficient (Wildman–Crippen LogP) is 5.67. The van der Waals surface area contributed by atoms with Crippen LogP contribution in [-0.4, -0.2) is 102 Å². The molecule has 4 saturated heterocycles. The summed E-state index contributed by atoms with van der Waals surface area (Å²) in [7, 11) is 0. The standard InChI is InChI=1S/C46H47ClN6O6/c1-46(2)28-52(24-19-40(46)59-35-11-9-32(27-48)38(47)26-35)43(56)31-7-5-29(6-8-31)3-4-30-15-20-50(21-16-30)33-17-22-51(23-18-33)34-10-12-36-37(25-34)45(58)53(44(36)57)39-13-14-41(54)49-42(39)55/h5-12,25-26,30,33,39-40H,13-24,28H2,1-2H3,(H,49,54,55). The Balaban J connectivity index is 0.789. The first-order valence-corrected chi connectivity index (χ1v) is 20.9. The lowest BCUT2D eigenvalue weighted by atomic mass is 9.80. The summed E-state index contributed by atoms with van der Waals surface area (Å²) in [6.07, 6.45) is 4.78. The van der Waals surface area contributed by atoms with E-state index in [0.29, 0.717) is 64.5 Å². The highest BCUT2D eigenvalue weighted by molar-refractivity contribution is 6.31. The van der Waals surface area contributed by atoms with Crippen LogP contribution in [-0.2, 0) is 9.59 Å². The maximum absolute atomic E-state index is 13.5. The number of nitrogens with zero attached hydrogens (tertiary/aromatic N) is 5. The van der Waals surface area contributed by atoms with E-state index >= 15 is 0 Å². The highest BCUT2D eigenvalue weighted by Crippen LogP contribution is 2.36. The van der Waals surface area contributed by atoms with Crippen LogP contribution in [0.15, 0.2) is 60.7 Å². The quantitative estimate of drug-likeness (QED) is 0.246. The highest BCUT2D eigenvalue weighted by atomic mass is 35.5. The number of hydrogen-bond donors (Lipinski definition) is 1. The molecule has 5 aliphatic rings. The summed E-state index contributed by atoms with van der Waals surface area (Å²) >= 11 is 6.22. The average Bonchev–Trinajstić information content (AvgIpc) is 3.48. The molecule has 12 nitrogen and oxygen atoms in total. The second-order valence-corrected chi connectivity index (χ2v) is 17.3. The van der Waals surface area contributed by atoms with Gasteiger partial charge in [-0.15, -0.1) is 0 Å². The first-order chi connectivity index (χ1) is 28.4. The van der Waals surface area contributed by atoms with Gasteiger partial charge in [0.25, 0.3) is 17.7 Å². The summed E-state index contributed by atoms with van der Waals surface area (Å²) < 4.78 is 6.29. The Kier molecular flexibility index (Phi) is 11.2. The molecule has 8 rings (SSSR count). The Labute approximate surface area is 349 Å². The molecule has 0 aromatic heterocycles. The molecule has 0 saturated carbocycles. The number of fused-ring (bicyclic) bond motifs is 1. The van der Waals surface area contributed by atoms with Crippen molar-refractivity contribution in [2.75, 3.05) is 44.2 Å². The van der Waals surface area contributed by atoms with E-state index in [0.717, 1.165) is 68.0 Å². The number of nitrogens with one attached hydrogen (secondary N) is 1. The zero-order valence-electron chi connectivity index (χ0n) is 33.3. The van der Waals surface area contributed by atoms with E-state index in [1.807, 2.05) is 35.2 Å². The van der Waals surface area contributed by atoms with Crippen LogP contribution < -0.4 is 15.0 Å². The van der Waals surface area contributed by atoms with Crippen molar-refractivity contribution in [2.45, 2.75) is 77.0 Å². The summed E-state index contributed by atoms with van der Waals surface area (Å²) in [4.78, 5) is 71.8. The van der Waals surface area contributed by atoms with E-state index in [-0.39, 0.29) is 30.3 Å². The number of nitriles is 1. The Morgan fingerprint density at radius 3 is 2.25 bits per heavy atom. The van der Waals surface area contributed by atoms with Crippen molar-refractivity contribution >= 4 is 46.8 Å². The maximum atomic E-state index is 13.5. The summed E-state index contributed by atoms with van der Waals surface area (Å²) in [5.41, 5.74) is 3.14. The Morgan fingerprint density at radius 2 is 1.58 bits per heavy atom. The minimum Gasteiger partial charge on any atom is -0.490 e. The smallest absolute Gasteiger partial charge is 0.262 e. The van der Waals surface area contributed by atoms with Crippen LogP contribution in [0.5, 0.6) is 5.75 Å². The Hall–Kier alpha value is -5.69. The molecule has 0 spiro atoms. The van der Waals surface area contributed by atoms with Gasteiger partial charge in [0.05, 0.1) is 21.7 Å². The molecule has 304 valence electrons. The van der Waals surface area contributed by atoms with Gasteiger partial charge in [0.2, 0.25) is 11.8 Å². The third-order valence-electron chi connectivity index (χ3n) is 12.6. The van der Waals surface area contributed by atoms with Gasteiger partial charge in [0.15, 0.2) is 0 Å². The van der Waals surface area contributed by atoms with Crippen molar-refractivity contribution in [3.8, 4) is 23.7 Å². The SMILES string of the molecule is CC1(C)CN(C(=O)c2ccc(C#CC3CCN(C4CCN(c5ccc6c(c5)C(=O)N(C5CCC(=O)NC5=O)C6=O)CC4)CC3)cc2)CCC1Oc1ccc(C#N)c(Cl)c1. The van der Waals surface area contributed by atoms with Crippen molar-refractivity contribution in [1.82, 2.24) is 20.0 Å². The lowest BCUT2D eigenvalue weighted by molar-refractivity contribution is -0.136. The first kappa shape index (κ1) is 40.1. The largest absolute Gasteiger partial charge is 0.490 e. The molecule has 5 heterocycles. The fourth-order valence-corrected chi connectivity index (χ4v) is 9.38. The molecule has 5 aliphatic heterocycles. The summed E-state index contributed by atoms with van der Waals surface area (Å²) in [5, 5.41) is 11.8. The fourth-order valence-electron chi connectivity index (χ4n) is 9.17. The molecular formula is C46H47ClN6O6. The number of piperidine rings is 4. The number of ether oxygens (including phenoxy) is 1. The van der Waals surface area contributed by atoms with Gasteiger partial charge in [0.1, 0.15) is 24.0 Å². The van der Waals surface area contributed by atoms with Gasteiger partial charge in [-0.3, -0.25) is 34.2 Å². The minimum atomic E-state index is -0.974. The first-order valence-electron chi connectivity index (χ1n) is 20.5. The van der Waals surface area contributed by atoms with Crippen LogP contribution in [0.3, 0.4) is 0 Å². The second-order valence-electron chi connectivity index (χ2n) is 16.9. The van der Waals surface area contributed by atoms with Crippen LogP contribution in [0.25, 0.3) is 0 Å². The molecule has 1 N–H and O–H groups in total. The van der Waals surface area contributed by atoms with Gasteiger partial charge in [-0.25, -0.2) is 0 Å². The van der Waals surface area contributed by atoms with Crippen LogP contribution >= 0.6 is 11.6 Å². The molecule has 13 heteroatoms. The van der Waals surface area contributed by atoms with Crippen molar-refractivity contribution < 1.29 is 28.7 Å². The van der Waals surface area contributed by atoms with Gasteiger partial charge >= 0.3 is 0 Å². The number of benzene rings is 3. The number of carbonyl (C=O) groups excluding carboxylic acids is 5. The predicted molar refractivity (Wildman–Crippen MR) is 221 cm³/mol. The average molecular weight is 815 g/mol. The Bertz CT molecular complexity index is 2290. The molecule has 3 aromatic rings. The number of rotatable bonds is 6. The van der Waals surface area contributed by atoms with Crippen LogP contribution in [0.1, 0.15) is 101 Å². The molecule has 0 radical (unpaired) electrons. The monoisotopic (exact) mass is 814 g/mol. The number of halogens is 1. The minimum absolute atomic E-state index is 0.00658. The molecule has 59 heavy (non-hydrogen) atoms. The van der Waals surface area contributed by atoms with Crippen LogP contribution in [0.4, 0.5) is 5.69 Å². The van der Waals surface area contributed by atoms with Crippen LogP contribution in [0, 0.1) is 34.5 Å². The topological polar surface area (TPSA) is 143 Å². The molecule has 4 fully saturated rings. The van der Waals surface area contributed by atoms with Gasteiger partial charge < -0.3 is 19.4 Å². The highest BCUT2D eigenvalue weighted by Gasteiger charge is 2.45. The number of imide groups is 2. The molecular weight excluding hydrogens is 768 g/mol. The van der Waals surface area contributed by atoms with E-state index in [1.54, 1.807) is 30.3 Å². The number of likely N-dealkylation sites (tertiary alicyclic amines) is 2. The summed E-state index contributed by atoms with van der Waals surface area (Å²) in [6, 6.07) is 19.6. The van der Waals surface area contributed by atoms with E-state index in [2.05, 4.69) is 46.9 Å². The Morgan fingerprint density at radius 1 is 0.847 bits per heavy atom. The zero-order valence-corrected chi connectivity index (χ0v) is 34.1. The lowest BCUT2D eigenvalue weighted by Gasteiger charge is -2.44. The third kappa shape index (κ3) is 8.30. The summed E-state index contributed by atoms with van der Waals surface area (Å²) in [5.74, 6) is 5.79. The number of amides is 5. The second kappa shape index (κ2) is 16.5. The van der Waals surface area contributed by atoms with E-state index in [1.165, 1.54) is 0 Å². The number of carbonyl (C=O) groups is 5. The van der Waals surface area contributed by atoms with Gasteiger partial charge in [-0.2, -0.15) is 5.26 Å². The molecule has 0 bridgehead atoms. The molecule has 3 aromatic carbocycles. The van der Waals surface area contributed by atoms with Crippen molar-refractivity contribution in [3.63, 3.8) is 0 Å². The summed E-state index contributed by atoms with van der Waals surface area (Å²) in [6.45, 7) is 8.97. The molecule has 2 atom stereocenters.